The number of ether oxygens (including phenoxy) is 1. The van der Waals surface area contributed by atoms with Gasteiger partial charge in [0.05, 0.1) is 7.11 Å². The molecule has 108 valence electrons. The second-order valence-corrected chi connectivity index (χ2v) is 7.43. The minimum atomic E-state index is 0.796. The van der Waals surface area contributed by atoms with E-state index in [4.69, 9.17) is 4.74 Å². The van der Waals surface area contributed by atoms with Crippen LogP contribution in [0.15, 0.2) is 18.2 Å². The Kier molecular flexibility index (Phi) is 3.05. The Bertz CT molecular complexity index is 486. The van der Waals surface area contributed by atoms with Gasteiger partial charge in [-0.15, -0.1) is 0 Å². The van der Waals surface area contributed by atoms with Crippen LogP contribution in [-0.4, -0.2) is 7.11 Å². The van der Waals surface area contributed by atoms with Gasteiger partial charge in [-0.05, 0) is 79.0 Å². The van der Waals surface area contributed by atoms with Crippen LogP contribution in [0.25, 0.3) is 0 Å². The summed E-state index contributed by atoms with van der Waals surface area (Å²) in [7, 11) is 1.79. The fourth-order valence-electron chi connectivity index (χ4n) is 4.61. The summed E-state index contributed by atoms with van der Waals surface area (Å²) in [6.45, 7) is 0. The molecule has 1 heteroatoms. The predicted octanol–water partition coefficient (Wildman–Crippen LogP) is 5.40. The molecule has 4 rings (SSSR count). The van der Waals surface area contributed by atoms with Crippen LogP contribution < -0.4 is 4.74 Å². The van der Waals surface area contributed by atoms with Crippen molar-refractivity contribution in [3.05, 3.63) is 29.3 Å². The molecule has 3 saturated carbocycles. The van der Waals surface area contributed by atoms with Gasteiger partial charge >= 0.3 is 0 Å². The molecule has 3 fully saturated rings. The van der Waals surface area contributed by atoms with Gasteiger partial charge in [-0.3, -0.25) is 0 Å². The second kappa shape index (κ2) is 4.79. The van der Waals surface area contributed by atoms with Crippen LogP contribution in [0, 0.1) is 5.41 Å². The van der Waals surface area contributed by atoms with Gasteiger partial charge in [-0.25, -0.2) is 0 Å². The average Bonchev–Trinajstić information content (AvgIpc) is 3.27. The molecule has 3 aliphatic carbocycles. The van der Waals surface area contributed by atoms with Crippen molar-refractivity contribution >= 4 is 0 Å². The summed E-state index contributed by atoms with van der Waals surface area (Å²) in [5.74, 6) is 2.69. The summed E-state index contributed by atoms with van der Waals surface area (Å²) in [4.78, 5) is 0. The number of benzene rings is 1. The van der Waals surface area contributed by atoms with Gasteiger partial charge in [0.1, 0.15) is 5.75 Å². The molecule has 3 aliphatic rings. The highest BCUT2D eigenvalue weighted by Gasteiger charge is 2.53. The summed E-state index contributed by atoms with van der Waals surface area (Å²) >= 11 is 0. The first-order valence-electron chi connectivity index (χ1n) is 8.47. The summed E-state index contributed by atoms with van der Waals surface area (Å²) in [5, 5.41) is 0. The van der Waals surface area contributed by atoms with Gasteiger partial charge in [0.2, 0.25) is 0 Å². The Morgan fingerprint density at radius 2 is 1.70 bits per heavy atom. The number of hydrogen-bond acceptors (Lipinski definition) is 1. The SMILES string of the molecule is COc1ccc(C2CC3(CC3)C2)c(C2CCCCC2)c1. The zero-order valence-corrected chi connectivity index (χ0v) is 12.7. The Balaban J connectivity index is 1.62. The lowest BCUT2D eigenvalue weighted by Gasteiger charge is -2.39. The monoisotopic (exact) mass is 270 g/mol. The zero-order chi connectivity index (χ0) is 13.6. The molecular formula is C19H26O. The lowest BCUT2D eigenvalue weighted by atomic mass is 9.66. The van der Waals surface area contributed by atoms with E-state index in [2.05, 4.69) is 18.2 Å². The van der Waals surface area contributed by atoms with Crippen molar-refractivity contribution in [3.8, 4) is 5.75 Å². The third-order valence-corrected chi connectivity index (χ3v) is 6.09. The molecule has 0 aliphatic heterocycles. The minimum Gasteiger partial charge on any atom is -0.497 e. The maximum Gasteiger partial charge on any atom is 0.119 e. The molecule has 20 heavy (non-hydrogen) atoms. The van der Waals surface area contributed by atoms with Crippen molar-refractivity contribution in [1.29, 1.82) is 0 Å². The maximum atomic E-state index is 5.49. The molecular weight excluding hydrogens is 244 g/mol. The maximum absolute atomic E-state index is 5.49. The van der Waals surface area contributed by atoms with Crippen molar-refractivity contribution in [2.45, 2.75) is 69.6 Å². The predicted molar refractivity (Wildman–Crippen MR) is 82.5 cm³/mol. The molecule has 1 aromatic carbocycles. The van der Waals surface area contributed by atoms with Gasteiger partial charge in [-0.1, -0.05) is 25.3 Å². The average molecular weight is 270 g/mol. The molecule has 0 amide bonds. The van der Waals surface area contributed by atoms with Gasteiger partial charge in [-0.2, -0.15) is 0 Å². The van der Waals surface area contributed by atoms with E-state index in [9.17, 15) is 0 Å². The lowest BCUT2D eigenvalue weighted by Crippen LogP contribution is -2.24. The quantitative estimate of drug-likeness (QED) is 0.714. The molecule has 1 aromatic rings. The largest absolute Gasteiger partial charge is 0.497 e. The van der Waals surface area contributed by atoms with E-state index >= 15 is 0 Å². The zero-order valence-electron chi connectivity index (χ0n) is 12.7. The van der Waals surface area contributed by atoms with E-state index in [1.165, 1.54) is 57.8 Å². The first kappa shape index (κ1) is 12.7. The van der Waals surface area contributed by atoms with Crippen molar-refractivity contribution in [2.75, 3.05) is 7.11 Å². The van der Waals surface area contributed by atoms with E-state index in [0.29, 0.717) is 0 Å². The van der Waals surface area contributed by atoms with Crippen molar-refractivity contribution in [1.82, 2.24) is 0 Å². The van der Waals surface area contributed by atoms with Crippen LogP contribution in [-0.2, 0) is 0 Å². The molecule has 0 radical (unpaired) electrons. The van der Waals surface area contributed by atoms with Crippen molar-refractivity contribution in [3.63, 3.8) is 0 Å². The van der Waals surface area contributed by atoms with Gasteiger partial charge in [0.25, 0.3) is 0 Å². The van der Waals surface area contributed by atoms with E-state index in [1.807, 2.05) is 0 Å². The van der Waals surface area contributed by atoms with Crippen LogP contribution in [0.4, 0.5) is 0 Å². The van der Waals surface area contributed by atoms with Gasteiger partial charge in [0, 0.05) is 0 Å². The van der Waals surface area contributed by atoms with Gasteiger partial charge < -0.3 is 4.74 Å². The summed E-state index contributed by atoms with van der Waals surface area (Å²) in [6, 6.07) is 6.91. The number of methoxy groups -OCH3 is 1. The van der Waals surface area contributed by atoms with Crippen molar-refractivity contribution in [2.24, 2.45) is 5.41 Å². The Labute approximate surface area is 122 Å². The highest BCUT2D eigenvalue weighted by Crippen LogP contribution is 2.66. The molecule has 0 heterocycles. The van der Waals surface area contributed by atoms with E-state index in [-0.39, 0.29) is 0 Å². The summed E-state index contributed by atoms with van der Waals surface area (Å²) in [6.07, 6.45) is 12.9. The third kappa shape index (κ3) is 2.16. The van der Waals surface area contributed by atoms with Crippen molar-refractivity contribution < 1.29 is 4.74 Å². The number of hydrogen-bond donors (Lipinski definition) is 0. The topological polar surface area (TPSA) is 9.23 Å². The van der Waals surface area contributed by atoms with E-state index in [1.54, 1.807) is 18.2 Å². The molecule has 1 nitrogen and oxygen atoms in total. The normalized spacial score (nSPS) is 25.4. The van der Waals surface area contributed by atoms with Crippen LogP contribution in [0.1, 0.15) is 80.8 Å². The standard InChI is InChI=1S/C19H26O/c1-20-16-7-8-17(15-12-19(13-15)9-10-19)18(11-16)14-5-3-2-4-6-14/h7-8,11,14-15H,2-6,9-10,12-13H2,1H3. The van der Waals surface area contributed by atoms with Crippen LogP contribution in [0.2, 0.25) is 0 Å². The molecule has 0 aromatic heterocycles. The lowest BCUT2D eigenvalue weighted by molar-refractivity contribution is 0.235. The molecule has 0 N–H and O–H groups in total. The third-order valence-electron chi connectivity index (χ3n) is 6.09. The first-order valence-corrected chi connectivity index (χ1v) is 8.47. The second-order valence-electron chi connectivity index (χ2n) is 7.43. The minimum absolute atomic E-state index is 0.796. The highest BCUT2D eigenvalue weighted by molar-refractivity contribution is 5.42. The Morgan fingerprint density at radius 1 is 0.950 bits per heavy atom. The molecule has 0 saturated heterocycles. The summed E-state index contributed by atoms with van der Waals surface area (Å²) < 4.78 is 5.49. The fraction of sp³-hybridized carbons (Fsp3) is 0.684. The molecule has 1 spiro atoms. The number of rotatable bonds is 3. The Hall–Kier alpha value is -0.980. The summed E-state index contributed by atoms with van der Waals surface area (Å²) in [5.41, 5.74) is 4.09. The molecule has 0 atom stereocenters. The molecule has 0 bridgehead atoms. The van der Waals surface area contributed by atoms with Gasteiger partial charge in [0.15, 0.2) is 0 Å². The van der Waals surface area contributed by atoms with Crippen LogP contribution in [0.5, 0.6) is 5.75 Å². The van der Waals surface area contributed by atoms with E-state index < -0.39 is 0 Å². The highest BCUT2D eigenvalue weighted by atomic mass is 16.5. The smallest absolute Gasteiger partial charge is 0.119 e. The van der Waals surface area contributed by atoms with E-state index in [0.717, 1.165) is 23.0 Å². The Morgan fingerprint density at radius 3 is 2.35 bits per heavy atom. The molecule has 0 unspecified atom stereocenters. The first-order chi connectivity index (χ1) is 9.80. The fourth-order valence-corrected chi connectivity index (χ4v) is 4.61. The van der Waals surface area contributed by atoms with Crippen LogP contribution >= 0.6 is 0 Å². The van der Waals surface area contributed by atoms with Crippen LogP contribution in [0.3, 0.4) is 0 Å².